The summed E-state index contributed by atoms with van der Waals surface area (Å²) in [6, 6.07) is 8.21. The second-order valence-electron chi connectivity index (χ2n) is 5.59. The van der Waals surface area contributed by atoms with Crippen LogP contribution in [0.5, 0.6) is 0 Å². The minimum Gasteiger partial charge on any atom is -0.387 e. The molecular formula is C15H25BrN2O. The molecule has 19 heavy (non-hydrogen) atoms. The van der Waals surface area contributed by atoms with Crippen LogP contribution in [0, 0.1) is 5.92 Å². The van der Waals surface area contributed by atoms with E-state index in [4.69, 9.17) is 0 Å². The number of nitrogens with one attached hydrogen (secondary N) is 1. The third-order valence-electron chi connectivity index (χ3n) is 3.17. The Balaban J connectivity index is 2.54. The molecule has 0 aliphatic rings. The van der Waals surface area contributed by atoms with Gasteiger partial charge >= 0.3 is 0 Å². The number of halogens is 1. The van der Waals surface area contributed by atoms with Crippen molar-refractivity contribution in [1.82, 2.24) is 10.2 Å². The molecule has 0 spiro atoms. The van der Waals surface area contributed by atoms with Gasteiger partial charge in [-0.05, 0) is 37.7 Å². The van der Waals surface area contributed by atoms with Crippen LogP contribution in [0.4, 0.5) is 0 Å². The Morgan fingerprint density at radius 2 is 2.00 bits per heavy atom. The van der Waals surface area contributed by atoms with Crippen molar-refractivity contribution in [2.75, 3.05) is 27.2 Å². The zero-order valence-corrected chi connectivity index (χ0v) is 13.8. The molecule has 4 heteroatoms. The first-order chi connectivity index (χ1) is 8.90. The highest BCUT2D eigenvalue weighted by Crippen LogP contribution is 2.18. The second kappa shape index (κ2) is 8.00. The normalized spacial score (nSPS) is 14.9. The Hall–Kier alpha value is -0.420. The maximum atomic E-state index is 10.2. The monoisotopic (exact) mass is 328 g/mol. The first kappa shape index (κ1) is 16.6. The van der Waals surface area contributed by atoms with Gasteiger partial charge < -0.3 is 15.3 Å². The van der Waals surface area contributed by atoms with Crippen LogP contribution in [0.1, 0.15) is 25.5 Å². The van der Waals surface area contributed by atoms with Crippen LogP contribution in [0.3, 0.4) is 0 Å². The molecule has 1 aromatic carbocycles. The van der Waals surface area contributed by atoms with Crippen molar-refractivity contribution in [2.24, 2.45) is 5.92 Å². The molecule has 1 aromatic rings. The van der Waals surface area contributed by atoms with Crippen molar-refractivity contribution in [3.05, 3.63) is 34.3 Å². The van der Waals surface area contributed by atoms with E-state index in [1.165, 1.54) is 0 Å². The Morgan fingerprint density at radius 1 is 1.32 bits per heavy atom. The van der Waals surface area contributed by atoms with E-state index in [1.54, 1.807) is 0 Å². The lowest BCUT2D eigenvalue weighted by atomic mass is 10.0. The van der Waals surface area contributed by atoms with Gasteiger partial charge in [0.25, 0.3) is 0 Å². The van der Waals surface area contributed by atoms with Crippen LogP contribution in [0.2, 0.25) is 0 Å². The number of likely N-dealkylation sites (N-methyl/N-ethyl adjacent to an activating group) is 1. The predicted molar refractivity (Wildman–Crippen MR) is 84.3 cm³/mol. The number of hydrogen-bond acceptors (Lipinski definition) is 3. The minimum atomic E-state index is -0.471. The first-order valence-electron chi connectivity index (χ1n) is 6.71. The molecule has 1 rings (SSSR count). The fraction of sp³-hybridized carbons (Fsp3) is 0.600. The standard InChI is InChI=1S/C15H25BrN2O/c1-11(2)14(10-18(3)4)17-9-15(19)12-6-5-7-13(16)8-12/h5-8,11,14-15,17,19H,9-10H2,1-4H3. The molecule has 0 aliphatic carbocycles. The van der Waals surface area contributed by atoms with E-state index in [0.29, 0.717) is 18.5 Å². The molecular weight excluding hydrogens is 304 g/mol. The molecule has 0 saturated heterocycles. The molecule has 2 N–H and O–H groups in total. The number of benzene rings is 1. The lowest BCUT2D eigenvalue weighted by molar-refractivity contribution is 0.160. The summed E-state index contributed by atoms with van der Waals surface area (Å²) < 4.78 is 0.998. The highest BCUT2D eigenvalue weighted by Gasteiger charge is 2.16. The van der Waals surface area contributed by atoms with Crippen LogP contribution in [0.15, 0.2) is 28.7 Å². The molecule has 0 saturated carbocycles. The van der Waals surface area contributed by atoms with Crippen LogP contribution in [-0.2, 0) is 0 Å². The van der Waals surface area contributed by atoms with Crippen molar-refractivity contribution in [2.45, 2.75) is 26.0 Å². The molecule has 0 amide bonds. The molecule has 0 aromatic heterocycles. The lowest BCUT2D eigenvalue weighted by Gasteiger charge is -2.27. The third-order valence-corrected chi connectivity index (χ3v) is 3.67. The lowest BCUT2D eigenvalue weighted by Crippen LogP contribution is -2.43. The summed E-state index contributed by atoms with van der Waals surface area (Å²) in [6.07, 6.45) is -0.471. The molecule has 0 bridgehead atoms. The summed E-state index contributed by atoms with van der Waals surface area (Å²) in [6.45, 7) is 5.95. The molecule has 2 unspecified atom stereocenters. The van der Waals surface area contributed by atoms with Gasteiger partial charge in [0, 0.05) is 23.6 Å². The van der Waals surface area contributed by atoms with Gasteiger partial charge in [0.1, 0.15) is 0 Å². The topological polar surface area (TPSA) is 35.5 Å². The van der Waals surface area contributed by atoms with Gasteiger partial charge in [0.15, 0.2) is 0 Å². The average molecular weight is 329 g/mol. The quantitative estimate of drug-likeness (QED) is 0.807. The highest BCUT2D eigenvalue weighted by molar-refractivity contribution is 9.10. The summed E-state index contributed by atoms with van der Waals surface area (Å²) in [5, 5.41) is 13.7. The second-order valence-corrected chi connectivity index (χ2v) is 6.51. The number of aliphatic hydroxyl groups is 1. The number of rotatable bonds is 7. The highest BCUT2D eigenvalue weighted by atomic mass is 79.9. The first-order valence-corrected chi connectivity index (χ1v) is 7.51. The van der Waals surface area contributed by atoms with Gasteiger partial charge in [-0.1, -0.05) is 41.9 Å². The summed E-state index contributed by atoms with van der Waals surface area (Å²) in [5.41, 5.74) is 0.939. The molecule has 0 radical (unpaired) electrons. The molecule has 0 fully saturated rings. The molecule has 108 valence electrons. The van der Waals surface area contributed by atoms with E-state index in [2.05, 4.69) is 54.1 Å². The van der Waals surface area contributed by atoms with E-state index in [0.717, 1.165) is 16.6 Å². The summed E-state index contributed by atoms with van der Waals surface area (Å²) in [4.78, 5) is 2.17. The maximum Gasteiger partial charge on any atom is 0.0914 e. The van der Waals surface area contributed by atoms with Crippen molar-refractivity contribution < 1.29 is 5.11 Å². The van der Waals surface area contributed by atoms with E-state index in [-0.39, 0.29) is 0 Å². The van der Waals surface area contributed by atoms with Crippen molar-refractivity contribution in [3.8, 4) is 0 Å². The van der Waals surface area contributed by atoms with E-state index < -0.39 is 6.10 Å². The third kappa shape index (κ3) is 6.04. The van der Waals surface area contributed by atoms with Gasteiger partial charge in [-0.15, -0.1) is 0 Å². The molecule has 0 heterocycles. The average Bonchev–Trinajstić information content (AvgIpc) is 2.33. The zero-order valence-electron chi connectivity index (χ0n) is 12.2. The Kier molecular flexibility index (Phi) is 7.00. The largest absolute Gasteiger partial charge is 0.387 e. The van der Waals surface area contributed by atoms with Gasteiger partial charge in [0.05, 0.1) is 6.10 Å². The predicted octanol–water partition coefficient (Wildman–Crippen LogP) is 2.66. The number of hydrogen-bond donors (Lipinski definition) is 2. The zero-order chi connectivity index (χ0) is 14.4. The van der Waals surface area contributed by atoms with Gasteiger partial charge in [-0.2, -0.15) is 0 Å². The minimum absolute atomic E-state index is 0.386. The van der Waals surface area contributed by atoms with Gasteiger partial charge in [-0.3, -0.25) is 0 Å². The summed E-state index contributed by atoms with van der Waals surface area (Å²) in [7, 11) is 4.14. The van der Waals surface area contributed by atoms with E-state index in [1.807, 2.05) is 24.3 Å². The Morgan fingerprint density at radius 3 is 2.53 bits per heavy atom. The number of aliphatic hydroxyl groups excluding tert-OH is 1. The summed E-state index contributed by atoms with van der Waals surface area (Å²) >= 11 is 3.43. The fourth-order valence-corrected chi connectivity index (χ4v) is 2.42. The van der Waals surface area contributed by atoms with Crippen LogP contribution in [0.25, 0.3) is 0 Å². The molecule has 0 aliphatic heterocycles. The van der Waals surface area contributed by atoms with Crippen LogP contribution in [-0.4, -0.2) is 43.2 Å². The molecule has 3 nitrogen and oxygen atoms in total. The Bertz CT molecular complexity index is 382. The van der Waals surface area contributed by atoms with Crippen molar-refractivity contribution >= 4 is 15.9 Å². The van der Waals surface area contributed by atoms with Gasteiger partial charge in [0.2, 0.25) is 0 Å². The number of nitrogens with zero attached hydrogens (tertiary/aromatic N) is 1. The van der Waals surface area contributed by atoms with Crippen LogP contribution < -0.4 is 5.32 Å². The molecule has 2 atom stereocenters. The smallest absolute Gasteiger partial charge is 0.0914 e. The van der Waals surface area contributed by atoms with Gasteiger partial charge in [-0.25, -0.2) is 0 Å². The van der Waals surface area contributed by atoms with Crippen LogP contribution >= 0.6 is 15.9 Å². The fourth-order valence-electron chi connectivity index (χ4n) is 2.00. The maximum absolute atomic E-state index is 10.2. The van der Waals surface area contributed by atoms with Crippen molar-refractivity contribution in [1.29, 1.82) is 0 Å². The Labute approximate surface area is 125 Å². The van der Waals surface area contributed by atoms with E-state index in [9.17, 15) is 5.11 Å². The van der Waals surface area contributed by atoms with E-state index >= 15 is 0 Å². The van der Waals surface area contributed by atoms with Crippen molar-refractivity contribution in [3.63, 3.8) is 0 Å². The SMILES string of the molecule is CC(C)C(CN(C)C)NCC(O)c1cccc(Br)c1. The summed E-state index contributed by atoms with van der Waals surface area (Å²) in [5.74, 6) is 0.539.